The molecule has 1 aromatic carbocycles. The third-order valence-corrected chi connectivity index (χ3v) is 6.32. The van der Waals surface area contributed by atoms with Crippen molar-refractivity contribution >= 4 is 10.0 Å². The predicted octanol–water partition coefficient (Wildman–Crippen LogP) is 2.67. The molecule has 5 heteroatoms. The summed E-state index contributed by atoms with van der Waals surface area (Å²) in [6.07, 6.45) is 0.369. The third kappa shape index (κ3) is 3.65. The molecular weight excluding hydrogens is 286 g/mol. The van der Waals surface area contributed by atoms with Crippen LogP contribution in [0.4, 0.5) is 0 Å². The van der Waals surface area contributed by atoms with E-state index in [0.717, 1.165) is 27.8 Å². The SMILES string of the molecule is Cc1c(C)c(C)c(S(=O)(=O)NC(C)(C)CCO)c(C)c1C. The first-order valence-corrected chi connectivity index (χ1v) is 8.64. The second kappa shape index (κ2) is 6.07. The van der Waals surface area contributed by atoms with Crippen LogP contribution in [0.3, 0.4) is 0 Å². The van der Waals surface area contributed by atoms with Gasteiger partial charge >= 0.3 is 0 Å². The average molecular weight is 313 g/mol. The van der Waals surface area contributed by atoms with E-state index in [1.807, 2.05) is 34.6 Å². The molecule has 120 valence electrons. The highest BCUT2D eigenvalue weighted by Gasteiger charge is 2.29. The average Bonchev–Trinajstić information content (AvgIpc) is 2.32. The maximum Gasteiger partial charge on any atom is 0.241 e. The number of nitrogens with one attached hydrogen (secondary N) is 1. The Morgan fingerprint density at radius 2 is 1.29 bits per heavy atom. The molecule has 1 aromatic rings. The molecule has 1 rings (SSSR count). The van der Waals surface area contributed by atoms with Gasteiger partial charge in [0.15, 0.2) is 0 Å². The van der Waals surface area contributed by atoms with Crippen molar-refractivity contribution in [2.75, 3.05) is 6.61 Å². The molecule has 0 fully saturated rings. The Kier molecular flexibility index (Phi) is 5.24. The first kappa shape index (κ1) is 18.1. The van der Waals surface area contributed by atoms with Gasteiger partial charge in [0.1, 0.15) is 0 Å². The van der Waals surface area contributed by atoms with Gasteiger partial charge in [-0.15, -0.1) is 0 Å². The number of hydrogen-bond acceptors (Lipinski definition) is 3. The van der Waals surface area contributed by atoms with Crippen molar-refractivity contribution in [1.82, 2.24) is 4.72 Å². The van der Waals surface area contributed by atoms with Gasteiger partial charge in [-0.3, -0.25) is 0 Å². The van der Waals surface area contributed by atoms with Crippen molar-refractivity contribution in [3.63, 3.8) is 0 Å². The Morgan fingerprint density at radius 1 is 0.905 bits per heavy atom. The van der Waals surface area contributed by atoms with Crippen LogP contribution in [0.1, 0.15) is 48.1 Å². The highest BCUT2D eigenvalue weighted by atomic mass is 32.2. The molecule has 0 saturated carbocycles. The monoisotopic (exact) mass is 313 g/mol. The molecule has 0 aliphatic rings. The number of hydrogen-bond donors (Lipinski definition) is 2. The van der Waals surface area contributed by atoms with E-state index in [1.54, 1.807) is 13.8 Å². The summed E-state index contributed by atoms with van der Waals surface area (Å²) >= 11 is 0. The maximum atomic E-state index is 12.8. The highest BCUT2D eigenvalue weighted by molar-refractivity contribution is 7.89. The van der Waals surface area contributed by atoms with E-state index in [0.29, 0.717) is 11.3 Å². The van der Waals surface area contributed by atoms with E-state index >= 15 is 0 Å². The Bertz CT molecular complexity index is 617. The van der Waals surface area contributed by atoms with Gasteiger partial charge in [0.2, 0.25) is 10.0 Å². The molecule has 2 N–H and O–H groups in total. The van der Waals surface area contributed by atoms with Crippen LogP contribution in [0.25, 0.3) is 0 Å². The van der Waals surface area contributed by atoms with Crippen LogP contribution in [0, 0.1) is 34.6 Å². The lowest BCUT2D eigenvalue weighted by molar-refractivity contribution is 0.245. The van der Waals surface area contributed by atoms with Gasteiger partial charge in [-0.1, -0.05) is 0 Å². The van der Waals surface area contributed by atoms with E-state index in [2.05, 4.69) is 4.72 Å². The van der Waals surface area contributed by atoms with Crippen molar-refractivity contribution in [3.05, 3.63) is 27.8 Å². The molecule has 0 heterocycles. The number of rotatable bonds is 5. The van der Waals surface area contributed by atoms with Crippen LogP contribution in [0.15, 0.2) is 4.90 Å². The summed E-state index contributed by atoms with van der Waals surface area (Å²) in [5.41, 5.74) is 4.07. The molecule has 0 spiro atoms. The van der Waals surface area contributed by atoms with Gasteiger partial charge in [0.05, 0.1) is 4.90 Å². The minimum absolute atomic E-state index is 0.0561. The van der Waals surface area contributed by atoms with Crippen LogP contribution >= 0.6 is 0 Å². The van der Waals surface area contributed by atoms with E-state index in [1.165, 1.54) is 0 Å². The summed E-state index contributed by atoms with van der Waals surface area (Å²) < 4.78 is 28.3. The zero-order valence-electron chi connectivity index (χ0n) is 14.1. The fourth-order valence-corrected chi connectivity index (χ4v) is 4.66. The Balaban J connectivity index is 3.47. The second-order valence-electron chi connectivity index (χ2n) is 6.42. The van der Waals surface area contributed by atoms with Crippen molar-refractivity contribution < 1.29 is 13.5 Å². The fraction of sp³-hybridized carbons (Fsp3) is 0.625. The summed E-state index contributed by atoms with van der Waals surface area (Å²) in [5, 5.41) is 9.07. The normalized spacial score (nSPS) is 12.8. The molecule has 0 amide bonds. The first-order chi connectivity index (χ1) is 9.44. The van der Waals surface area contributed by atoms with Gasteiger partial charge in [-0.2, -0.15) is 0 Å². The van der Waals surface area contributed by atoms with E-state index in [4.69, 9.17) is 5.11 Å². The summed E-state index contributed by atoms with van der Waals surface area (Å²) in [6.45, 7) is 13.1. The van der Waals surface area contributed by atoms with Crippen LogP contribution in [0.2, 0.25) is 0 Å². The van der Waals surface area contributed by atoms with Gasteiger partial charge in [-0.25, -0.2) is 13.1 Å². The van der Waals surface area contributed by atoms with E-state index < -0.39 is 15.6 Å². The lowest BCUT2D eigenvalue weighted by Crippen LogP contribution is -2.44. The van der Waals surface area contributed by atoms with Crippen LogP contribution in [-0.4, -0.2) is 25.7 Å². The van der Waals surface area contributed by atoms with Crippen molar-refractivity contribution in [2.24, 2.45) is 0 Å². The summed E-state index contributed by atoms with van der Waals surface area (Å²) in [5.74, 6) is 0. The fourth-order valence-electron chi connectivity index (χ4n) is 2.61. The maximum absolute atomic E-state index is 12.8. The standard InChI is InChI=1S/C16H27NO3S/c1-10-11(2)13(4)15(14(5)12(10)3)21(19,20)17-16(6,7)8-9-18/h17-18H,8-9H2,1-7H3. The zero-order valence-corrected chi connectivity index (χ0v) is 14.9. The van der Waals surface area contributed by atoms with Gasteiger partial charge in [0.25, 0.3) is 0 Å². The quantitative estimate of drug-likeness (QED) is 0.878. The molecule has 0 saturated heterocycles. The van der Waals surface area contributed by atoms with E-state index in [-0.39, 0.29) is 6.61 Å². The van der Waals surface area contributed by atoms with Crippen LogP contribution in [0.5, 0.6) is 0 Å². The largest absolute Gasteiger partial charge is 0.396 e. The molecule has 4 nitrogen and oxygen atoms in total. The summed E-state index contributed by atoms with van der Waals surface area (Å²) in [6, 6.07) is 0. The molecular formula is C16H27NO3S. The second-order valence-corrected chi connectivity index (χ2v) is 8.04. The number of aliphatic hydroxyl groups excluding tert-OH is 1. The minimum Gasteiger partial charge on any atom is -0.396 e. The smallest absolute Gasteiger partial charge is 0.241 e. The molecule has 21 heavy (non-hydrogen) atoms. The van der Waals surface area contributed by atoms with Crippen molar-refractivity contribution in [1.29, 1.82) is 0 Å². The lowest BCUT2D eigenvalue weighted by atomic mass is 9.95. The minimum atomic E-state index is -3.62. The molecule has 0 atom stereocenters. The number of aliphatic hydroxyl groups is 1. The molecule has 0 aromatic heterocycles. The number of benzene rings is 1. The predicted molar refractivity (Wildman–Crippen MR) is 86.2 cm³/mol. The third-order valence-electron chi connectivity index (χ3n) is 4.35. The zero-order chi connectivity index (χ0) is 16.6. The van der Waals surface area contributed by atoms with Crippen LogP contribution < -0.4 is 4.72 Å². The van der Waals surface area contributed by atoms with Gasteiger partial charge in [-0.05, 0) is 82.7 Å². The van der Waals surface area contributed by atoms with Gasteiger partial charge < -0.3 is 5.11 Å². The van der Waals surface area contributed by atoms with E-state index in [9.17, 15) is 8.42 Å². The molecule has 0 aliphatic heterocycles. The highest BCUT2D eigenvalue weighted by Crippen LogP contribution is 2.30. The van der Waals surface area contributed by atoms with Crippen molar-refractivity contribution in [2.45, 2.75) is 65.3 Å². The Morgan fingerprint density at radius 3 is 1.67 bits per heavy atom. The molecule has 0 radical (unpaired) electrons. The Hall–Kier alpha value is -0.910. The topological polar surface area (TPSA) is 66.4 Å². The summed E-state index contributed by atoms with van der Waals surface area (Å²) in [4.78, 5) is 0.370. The van der Waals surface area contributed by atoms with Crippen molar-refractivity contribution in [3.8, 4) is 0 Å². The first-order valence-electron chi connectivity index (χ1n) is 7.16. The summed E-state index contributed by atoms with van der Waals surface area (Å²) in [7, 11) is -3.62. The van der Waals surface area contributed by atoms with Gasteiger partial charge in [0, 0.05) is 12.1 Å². The molecule has 0 aliphatic carbocycles. The molecule has 0 bridgehead atoms. The molecule has 0 unspecified atom stereocenters. The van der Waals surface area contributed by atoms with Crippen LogP contribution in [-0.2, 0) is 10.0 Å². The Labute approximate surface area is 128 Å². The lowest BCUT2D eigenvalue weighted by Gasteiger charge is -2.27. The number of sulfonamides is 1.